The molecule has 0 aliphatic rings. The summed E-state index contributed by atoms with van der Waals surface area (Å²) in [6, 6.07) is 6.08. The molecule has 0 radical (unpaired) electrons. The van der Waals surface area contributed by atoms with Crippen LogP contribution < -0.4 is 0 Å². The summed E-state index contributed by atoms with van der Waals surface area (Å²) in [6.07, 6.45) is 0. The molecule has 3 aromatic rings. The van der Waals surface area contributed by atoms with Crippen molar-refractivity contribution < 1.29 is 0 Å². The van der Waals surface area contributed by atoms with Gasteiger partial charge in [-0.2, -0.15) is 0 Å². The highest BCUT2D eigenvalue weighted by Crippen LogP contribution is 2.33. The van der Waals surface area contributed by atoms with Crippen LogP contribution in [0, 0.1) is 13.8 Å². The van der Waals surface area contributed by atoms with Gasteiger partial charge in [-0.05, 0) is 43.0 Å². The molecule has 2 aromatic heterocycles. The van der Waals surface area contributed by atoms with E-state index in [4.69, 9.17) is 11.6 Å². The Morgan fingerprint density at radius 2 is 1.94 bits per heavy atom. The number of aryl methyl sites for hydroxylation is 2. The van der Waals surface area contributed by atoms with Gasteiger partial charge in [-0.25, -0.2) is 0 Å². The molecule has 0 aliphatic heterocycles. The molecule has 3 rings (SSSR count). The first-order valence-corrected chi connectivity index (χ1v) is 6.17. The van der Waals surface area contributed by atoms with Crippen molar-refractivity contribution in [2.24, 2.45) is 0 Å². The van der Waals surface area contributed by atoms with Crippen LogP contribution in [0.2, 0.25) is 5.15 Å². The van der Waals surface area contributed by atoms with E-state index in [1.165, 1.54) is 20.5 Å². The van der Waals surface area contributed by atoms with Crippen LogP contribution in [0.15, 0.2) is 18.2 Å². The molecule has 0 saturated carbocycles. The number of rotatable bonds is 0. The lowest BCUT2D eigenvalue weighted by Gasteiger charge is -1.98. The Kier molecular flexibility index (Phi) is 2.13. The Bertz CT molecular complexity index is 703. The summed E-state index contributed by atoms with van der Waals surface area (Å²) in [7, 11) is 0. The van der Waals surface area contributed by atoms with Crippen LogP contribution >= 0.6 is 22.9 Å². The Labute approximate surface area is 102 Å². The van der Waals surface area contributed by atoms with Crippen LogP contribution in [-0.4, -0.2) is 10.2 Å². The summed E-state index contributed by atoms with van der Waals surface area (Å²) >= 11 is 7.64. The van der Waals surface area contributed by atoms with Crippen molar-refractivity contribution in [2.75, 3.05) is 0 Å². The molecule has 2 nitrogen and oxygen atoms in total. The molecule has 0 atom stereocenters. The number of hydrogen-bond acceptors (Lipinski definition) is 3. The molecule has 0 unspecified atom stereocenters. The second kappa shape index (κ2) is 3.40. The third kappa shape index (κ3) is 1.39. The quantitative estimate of drug-likeness (QED) is 0.598. The molecule has 16 heavy (non-hydrogen) atoms. The Hall–Kier alpha value is -1.19. The van der Waals surface area contributed by atoms with Gasteiger partial charge in [0.25, 0.3) is 0 Å². The number of halogens is 1. The number of aromatic nitrogens is 2. The van der Waals surface area contributed by atoms with Gasteiger partial charge in [0.2, 0.25) is 0 Å². The first-order chi connectivity index (χ1) is 7.65. The summed E-state index contributed by atoms with van der Waals surface area (Å²) in [6.45, 7) is 4.29. The van der Waals surface area contributed by atoms with E-state index in [2.05, 4.69) is 36.2 Å². The van der Waals surface area contributed by atoms with Crippen molar-refractivity contribution in [1.82, 2.24) is 10.2 Å². The summed E-state index contributed by atoms with van der Waals surface area (Å²) in [4.78, 5) is 1.35. The fraction of sp³-hybridized carbons (Fsp3) is 0.167. The number of fused-ring (bicyclic) bond motifs is 2. The third-order valence-corrected chi connectivity index (χ3v) is 4.21. The van der Waals surface area contributed by atoms with Crippen molar-refractivity contribution in [1.29, 1.82) is 0 Å². The molecule has 1 aromatic carbocycles. The third-order valence-electron chi connectivity index (χ3n) is 2.85. The van der Waals surface area contributed by atoms with Gasteiger partial charge >= 0.3 is 0 Å². The highest BCUT2D eigenvalue weighted by atomic mass is 35.5. The minimum absolute atomic E-state index is 0.441. The van der Waals surface area contributed by atoms with Gasteiger partial charge in [0.05, 0.1) is 5.52 Å². The zero-order valence-electron chi connectivity index (χ0n) is 8.91. The summed E-state index contributed by atoms with van der Waals surface area (Å²) in [5.74, 6) is 0. The van der Waals surface area contributed by atoms with Crippen LogP contribution in [0.25, 0.3) is 21.0 Å². The molecule has 0 aliphatic carbocycles. The van der Waals surface area contributed by atoms with E-state index in [1.807, 2.05) is 6.07 Å². The monoisotopic (exact) mass is 248 g/mol. The molecule has 0 N–H and O–H groups in total. The van der Waals surface area contributed by atoms with Crippen molar-refractivity contribution >= 4 is 43.9 Å². The van der Waals surface area contributed by atoms with Gasteiger partial charge in [0.1, 0.15) is 0 Å². The fourth-order valence-corrected chi connectivity index (χ4v) is 3.10. The van der Waals surface area contributed by atoms with E-state index in [-0.39, 0.29) is 0 Å². The number of thiophene rings is 1. The predicted molar refractivity (Wildman–Crippen MR) is 69.4 cm³/mol. The molecule has 0 bridgehead atoms. The molecule has 0 saturated heterocycles. The Balaban J connectivity index is 2.49. The lowest BCUT2D eigenvalue weighted by Crippen LogP contribution is -1.84. The minimum atomic E-state index is 0.441. The average Bonchev–Trinajstić information content (AvgIpc) is 2.52. The predicted octanol–water partition coefficient (Wildman–Crippen LogP) is 4.11. The lowest BCUT2D eigenvalue weighted by atomic mass is 10.1. The molecule has 0 spiro atoms. The topological polar surface area (TPSA) is 25.8 Å². The van der Waals surface area contributed by atoms with E-state index in [0.717, 1.165) is 10.9 Å². The smallest absolute Gasteiger partial charge is 0.149 e. The second-order valence-electron chi connectivity index (χ2n) is 3.86. The largest absolute Gasteiger partial charge is 0.152 e. The number of benzene rings is 1. The highest BCUT2D eigenvalue weighted by molar-refractivity contribution is 7.19. The average molecular weight is 249 g/mol. The maximum Gasteiger partial charge on any atom is 0.152 e. The Morgan fingerprint density at radius 1 is 1.12 bits per heavy atom. The molecule has 80 valence electrons. The van der Waals surface area contributed by atoms with Crippen LogP contribution in [0.1, 0.15) is 10.4 Å². The van der Waals surface area contributed by atoms with Gasteiger partial charge < -0.3 is 0 Å². The van der Waals surface area contributed by atoms with Crippen LogP contribution in [0.3, 0.4) is 0 Å². The van der Waals surface area contributed by atoms with Crippen molar-refractivity contribution in [2.45, 2.75) is 13.8 Å². The SMILES string of the molecule is Cc1sc2cc3nnc(Cl)cc3cc2c1C. The van der Waals surface area contributed by atoms with Crippen molar-refractivity contribution in [3.05, 3.63) is 33.8 Å². The first-order valence-electron chi connectivity index (χ1n) is 4.98. The van der Waals surface area contributed by atoms with Crippen LogP contribution in [0.5, 0.6) is 0 Å². The molecule has 0 fully saturated rings. The van der Waals surface area contributed by atoms with Crippen LogP contribution in [-0.2, 0) is 0 Å². The molecular weight excluding hydrogens is 240 g/mol. The zero-order chi connectivity index (χ0) is 11.3. The fourth-order valence-electron chi connectivity index (χ4n) is 1.86. The Morgan fingerprint density at radius 3 is 2.75 bits per heavy atom. The van der Waals surface area contributed by atoms with E-state index < -0.39 is 0 Å². The maximum atomic E-state index is 5.84. The highest BCUT2D eigenvalue weighted by Gasteiger charge is 2.07. The normalized spacial score (nSPS) is 11.4. The number of hydrogen-bond donors (Lipinski definition) is 0. The van der Waals surface area contributed by atoms with Gasteiger partial charge in [0, 0.05) is 15.0 Å². The maximum absolute atomic E-state index is 5.84. The van der Waals surface area contributed by atoms with E-state index >= 15 is 0 Å². The van der Waals surface area contributed by atoms with Gasteiger partial charge in [0.15, 0.2) is 5.15 Å². The van der Waals surface area contributed by atoms with E-state index in [1.54, 1.807) is 11.3 Å². The van der Waals surface area contributed by atoms with Crippen molar-refractivity contribution in [3.63, 3.8) is 0 Å². The van der Waals surface area contributed by atoms with E-state index in [9.17, 15) is 0 Å². The molecule has 4 heteroatoms. The van der Waals surface area contributed by atoms with Gasteiger partial charge in [-0.1, -0.05) is 11.6 Å². The number of nitrogens with zero attached hydrogens (tertiary/aromatic N) is 2. The second-order valence-corrected chi connectivity index (χ2v) is 5.50. The summed E-state index contributed by atoms with van der Waals surface area (Å²) in [5.41, 5.74) is 2.24. The molecule has 0 amide bonds. The first kappa shape index (κ1) is 10.00. The summed E-state index contributed by atoms with van der Waals surface area (Å²) < 4.78 is 1.26. The molecular formula is C12H9ClN2S. The standard InChI is InChI=1S/C12H9ClN2S/c1-6-7(2)16-11-5-10-8(3-9(6)11)4-12(13)15-14-10/h3-5H,1-2H3. The molecule has 2 heterocycles. The van der Waals surface area contributed by atoms with E-state index in [0.29, 0.717) is 5.15 Å². The van der Waals surface area contributed by atoms with Gasteiger partial charge in [-0.15, -0.1) is 21.5 Å². The zero-order valence-corrected chi connectivity index (χ0v) is 10.5. The lowest BCUT2D eigenvalue weighted by molar-refractivity contribution is 1.08. The summed E-state index contributed by atoms with van der Waals surface area (Å²) in [5, 5.41) is 10.7. The van der Waals surface area contributed by atoms with Crippen molar-refractivity contribution in [3.8, 4) is 0 Å². The minimum Gasteiger partial charge on any atom is -0.149 e. The van der Waals surface area contributed by atoms with Gasteiger partial charge in [-0.3, -0.25) is 0 Å². The van der Waals surface area contributed by atoms with Crippen LogP contribution in [0.4, 0.5) is 0 Å².